The summed E-state index contributed by atoms with van der Waals surface area (Å²) >= 11 is 0. The molecule has 1 aliphatic rings. The number of hydrogen-bond donors (Lipinski definition) is 1. The van der Waals surface area contributed by atoms with Crippen LogP contribution in [0.1, 0.15) is 42.1 Å². The minimum absolute atomic E-state index is 0.156. The van der Waals surface area contributed by atoms with Crippen LogP contribution >= 0.6 is 0 Å². The number of aryl methyl sites for hydroxylation is 1. The molecule has 0 unspecified atom stereocenters. The summed E-state index contributed by atoms with van der Waals surface area (Å²) in [5.41, 5.74) is -0.658. The molecule has 1 atom stereocenters. The number of likely N-dealkylation sites (tertiary alicyclic amines) is 1. The van der Waals surface area contributed by atoms with Crippen LogP contribution in [-0.2, 0) is 11.3 Å². The van der Waals surface area contributed by atoms with Crippen LogP contribution < -0.4 is 4.74 Å². The summed E-state index contributed by atoms with van der Waals surface area (Å²) in [6.07, 6.45) is 0.462. The lowest BCUT2D eigenvalue weighted by molar-refractivity contribution is -0.144. The molecule has 0 bridgehead atoms. The fourth-order valence-corrected chi connectivity index (χ4v) is 3.69. The van der Waals surface area contributed by atoms with Gasteiger partial charge in [0.25, 0.3) is 5.91 Å². The van der Waals surface area contributed by atoms with Gasteiger partial charge >= 0.3 is 0 Å². The molecule has 2 aromatic rings. The number of carbonyl (C=O) groups is 1. The van der Waals surface area contributed by atoms with Crippen molar-refractivity contribution >= 4 is 5.91 Å². The number of para-hydroxylation sites is 1. The van der Waals surface area contributed by atoms with E-state index in [2.05, 4.69) is 0 Å². The Morgan fingerprint density at radius 2 is 2.00 bits per heavy atom. The molecule has 0 aliphatic carbocycles. The first-order valence-corrected chi connectivity index (χ1v) is 9.53. The van der Waals surface area contributed by atoms with Crippen LogP contribution in [0.4, 0.5) is 0 Å². The minimum atomic E-state index is -0.953. The summed E-state index contributed by atoms with van der Waals surface area (Å²) in [5, 5.41) is 10.9. The van der Waals surface area contributed by atoms with Crippen LogP contribution in [0.2, 0.25) is 0 Å². The van der Waals surface area contributed by atoms with Crippen molar-refractivity contribution in [3.8, 4) is 5.75 Å². The molecule has 1 aromatic heterocycles. The van der Waals surface area contributed by atoms with Crippen molar-refractivity contribution in [1.82, 2.24) is 4.90 Å². The highest BCUT2D eigenvalue weighted by molar-refractivity contribution is 5.93. The molecule has 0 radical (unpaired) electrons. The Balaban J connectivity index is 1.69. The van der Waals surface area contributed by atoms with Gasteiger partial charge in [-0.3, -0.25) is 4.79 Å². The first-order chi connectivity index (χ1) is 13.3. The van der Waals surface area contributed by atoms with E-state index in [1.165, 1.54) is 0 Å². The van der Waals surface area contributed by atoms with Crippen molar-refractivity contribution in [2.24, 2.45) is 5.41 Å². The first-order valence-electron chi connectivity index (χ1n) is 9.53. The van der Waals surface area contributed by atoms with Gasteiger partial charge in [0.15, 0.2) is 5.76 Å². The Bertz CT molecular complexity index is 814. The molecule has 1 saturated heterocycles. The van der Waals surface area contributed by atoms with E-state index in [1.54, 1.807) is 12.0 Å². The van der Waals surface area contributed by atoms with E-state index in [0.29, 0.717) is 31.0 Å². The highest BCUT2D eigenvalue weighted by atomic mass is 16.5. The Morgan fingerprint density at radius 1 is 1.29 bits per heavy atom. The van der Waals surface area contributed by atoms with Gasteiger partial charge < -0.3 is 23.9 Å². The van der Waals surface area contributed by atoms with Gasteiger partial charge in [-0.25, -0.2) is 0 Å². The number of aliphatic hydroxyl groups is 1. The molecule has 6 heteroatoms. The van der Waals surface area contributed by atoms with Crippen molar-refractivity contribution < 1.29 is 23.8 Å². The maximum atomic E-state index is 13.0. The van der Waals surface area contributed by atoms with Crippen molar-refractivity contribution in [1.29, 1.82) is 0 Å². The van der Waals surface area contributed by atoms with Gasteiger partial charge in [-0.15, -0.1) is 0 Å². The molecule has 0 spiro atoms. The Hall–Kier alpha value is -2.31. The summed E-state index contributed by atoms with van der Waals surface area (Å²) in [4.78, 5) is 14.8. The average Bonchev–Trinajstić information content (AvgIpc) is 3.03. The van der Waals surface area contributed by atoms with Crippen molar-refractivity contribution in [3.63, 3.8) is 0 Å². The quantitative estimate of drug-likeness (QED) is 0.822. The number of nitrogens with zero attached hydrogens (tertiary/aromatic N) is 1. The largest absolute Gasteiger partial charge is 0.486 e. The van der Waals surface area contributed by atoms with E-state index < -0.39 is 11.0 Å². The molecule has 1 aromatic carbocycles. The summed E-state index contributed by atoms with van der Waals surface area (Å²) in [6.45, 7) is 7.18. The monoisotopic (exact) mass is 387 g/mol. The second kappa shape index (κ2) is 7.97. The predicted molar refractivity (Wildman–Crippen MR) is 105 cm³/mol. The molecule has 2 heterocycles. The van der Waals surface area contributed by atoms with Gasteiger partial charge in [-0.2, -0.15) is 0 Å². The third-order valence-corrected chi connectivity index (χ3v) is 5.60. The van der Waals surface area contributed by atoms with Crippen LogP contribution in [0.5, 0.6) is 5.75 Å². The third kappa shape index (κ3) is 4.08. The number of ether oxygens (including phenoxy) is 2. The predicted octanol–water partition coefficient (Wildman–Crippen LogP) is 3.42. The molecule has 0 saturated carbocycles. The van der Waals surface area contributed by atoms with E-state index in [0.717, 1.165) is 11.3 Å². The molecular weight excluding hydrogens is 358 g/mol. The Labute approximate surface area is 166 Å². The average molecular weight is 387 g/mol. The van der Waals surface area contributed by atoms with Crippen LogP contribution in [-0.4, -0.2) is 48.3 Å². The topological polar surface area (TPSA) is 72.1 Å². The summed E-state index contributed by atoms with van der Waals surface area (Å²) in [5.74, 6) is 1.53. The van der Waals surface area contributed by atoms with Crippen LogP contribution in [0.15, 0.2) is 40.8 Å². The molecule has 3 rings (SSSR count). The Morgan fingerprint density at radius 3 is 2.64 bits per heavy atom. The maximum absolute atomic E-state index is 13.0. The van der Waals surface area contributed by atoms with Gasteiger partial charge in [0.05, 0.1) is 12.2 Å². The van der Waals surface area contributed by atoms with Gasteiger partial charge in [-0.05, 0) is 31.5 Å². The number of amides is 1. The Kier molecular flexibility index (Phi) is 5.82. The molecule has 1 aliphatic heterocycles. The van der Waals surface area contributed by atoms with Gasteiger partial charge in [0, 0.05) is 31.2 Å². The van der Waals surface area contributed by atoms with Gasteiger partial charge in [-0.1, -0.05) is 32.0 Å². The second-order valence-electron chi connectivity index (χ2n) is 8.15. The lowest BCUT2D eigenvalue weighted by Crippen LogP contribution is -2.60. The summed E-state index contributed by atoms with van der Waals surface area (Å²) in [6, 6.07) is 11.3. The lowest BCUT2D eigenvalue weighted by atomic mass is 9.70. The molecule has 1 fully saturated rings. The zero-order valence-corrected chi connectivity index (χ0v) is 17.0. The minimum Gasteiger partial charge on any atom is -0.486 e. The highest BCUT2D eigenvalue weighted by Gasteiger charge is 2.49. The zero-order chi connectivity index (χ0) is 20.4. The van der Waals surface area contributed by atoms with E-state index in [9.17, 15) is 9.90 Å². The smallest absolute Gasteiger partial charge is 0.289 e. The summed E-state index contributed by atoms with van der Waals surface area (Å²) in [7, 11) is 1.58. The lowest BCUT2D eigenvalue weighted by Gasteiger charge is -2.49. The van der Waals surface area contributed by atoms with Crippen molar-refractivity contribution in [2.75, 3.05) is 26.8 Å². The van der Waals surface area contributed by atoms with E-state index >= 15 is 0 Å². The molecule has 1 N–H and O–H groups in total. The zero-order valence-electron chi connectivity index (χ0n) is 17.0. The number of methoxy groups -OCH3 is 1. The number of carbonyl (C=O) groups excluding carboxylic acids is 1. The first kappa shape index (κ1) is 20.4. The number of hydrogen-bond acceptors (Lipinski definition) is 5. The van der Waals surface area contributed by atoms with Crippen LogP contribution in [0.25, 0.3) is 0 Å². The van der Waals surface area contributed by atoms with Crippen LogP contribution in [0.3, 0.4) is 0 Å². The number of rotatable bonds is 6. The van der Waals surface area contributed by atoms with Crippen LogP contribution in [0, 0.1) is 12.3 Å². The van der Waals surface area contributed by atoms with Crippen molar-refractivity contribution in [2.45, 2.75) is 39.4 Å². The molecular formula is C22H29NO5. The highest BCUT2D eigenvalue weighted by Crippen LogP contribution is 2.39. The van der Waals surface area contributed by atoms with E-state index in [-0.39, 0.29) is 19.1 Å². The second-order valence-corrected chi connectivity index (χ2v) is 8.15. The summed E-state index contributed by atoms with van der Waals surface area (Å²) < 4.78 is 16.7. The maximum Gasteiger partial charge on any atom is 0.289 e. The van der Waals surface area contributed by atoms with Gasteiger partial charge in [0.2, 0.25) is 0 Å². The molecule has 1 amide bonds. The number of benzene rings is 1. The van der Waals surface area contributed by atoms with Crippen molar-refractivity contribution in [3.05, 3.63) is 53.5 Å². The third-order valence-electron chi connectivity index (χ3n) is 5.60. The van der Waals surface area contributed by atoms with E-state index in [4.69, 9.17) is 13.9 Å². The standard InChI is InChI=1S/C22H29NO5/c1-16-12-18(13-27-17-8-6-5-7-9-17)28-19(16)20(24)23-11-10-22(25,15-26-4)21(2,3)14-23/h5-9,12,25H,10-11,13-15H2,1-4H3/t22-/m1/s1. The fraction of sp³-hybridized carbons (Fsp3) is 0.500. The van der Waals surface area contributed by atoms with Gasteiger partial charge in [0.1, 0.15) is 18.1 Å². The molecule has 28 heavy (non-hydrogen) atoms. The molecule has 152 valence electrons. The fourth-order valence-electron chi connectivity index (χ4n) is 3.69. The number of furan rings is 1. The normalized spacial score (nSPS) is 21.5. The SMILES string of the molecule is COC[C@]1(O)CCN(C(=O)c2oc(COc3ccccc3)cc2C)CC1(C)C. The van der Waals surface area contributed by atoms with E-state index in [1.807, 2.05) is 57.2 Å². The number of piperidine rings is 1. The molecule has 6 nitrogen and oxygen atoms in total.